The van der Waals surface area contributed by atoms with Crippen molar-refractivity contribution >= 4 is 16.5 Å². The quantitative estimate of drug-likeness (QED) is 0.840. The van der Waals surface area contributed by atoms with Crippen molar-refractivity contribution in [2.24, 2.45) is 0 Å². The van der Waals surface area contributed by atoms with Crippen LogP contribution in [0.25, 0.3) is 11.3 Å². The molecule has 0 aliphatic heterocycles. The van der Waals surface area contributed by atoms with Crippen LogP contribution < -0.4 is 22.7 Å². The van der Waals surface area contributed by atoms with Crippen LogP contribution in [0.3, 0.4) is 0 Å². The van der Waals surface area contributed by atoms with E-state index >= 15 is 0 Å². The van der Waals surface area contributed by atoms with E-state index in [0.717, 1.165) is 17.7 Å². The molecule has 0 saturated heterocycles. The van der Waals surface area contributed by atoms with Gasteiger partial charge >= 0.3 is 0 Å². The van der Waals surface area contributed by atoms with E-state index in [9.17, 15) is 0 Å². The van der Waals surface area contributed by atoms with Crippen molar-refractivity contribution in [2.45, 2.75) is 13.3 Å². The largest absolute Gasteiger partial charge is 1.00 e. The Bertz CT molecular complexity index is 425. The molecule has 80 valence electrons. The summed E-state index contributed by atoms with van der Waals surface area (Å²) in [5.74, 6) is 0. The van der Waals surface area contributed by atoms with Crippen molar-refractivity contribution in [3.8, 4) is 11.3 Å². The molecule has 2 rings (SSSR count). The average molecular weight is 284 g/mol. The number of benzene rings is 1. The van der Waals surface area contributed by atoms with Gasteiger partial charge in [0.2, 0.25) is 0 Å². The summed E-state index contributed by atoms with van der Waals surface area (Å²) >= 11 is 1.58. The molecule has 0 aliphatic rings. The SMILES string of the molecule is CCc1sc(N)nc1-c1ccccc1.[Br-]. The number of nitrogens with zero attached hydrogens (tertiary/aromatic N) is 1. The number of thiazole rings is 1. The lowest BCUT2D eigenvalue weighted by molar-refractivity contribution is -0.00000287. The van der Waals surface area contributed by atoms with E-state index in [1.807, 2.05) is 18.2 Å². The number of aromatic nitrogens is 1. The lowest BCUT2D eigenvalue weighted by Gasteiger charge is -1.98. The Balaban J connectivity index is 0.00000112. The van der Waals surface area contributed by atoms with Crippen molar-refractivity contribution in [1.29, 1.82) is 0 Å². The summed E-state index contributed by atoms with van der Waals surface area (Å²) in [7, 11) is 0. The summed E-state index contributed by atoms with van der Waals surface area (Å²) in [5, 5.41) is 0.653. The highest BCUT2D eigenvalue weighted by Gasteiger charge is 2.08. The van der Waals surface area contributed by atoms with Crippen LogP contribution in [-0.4, -0.2) is 4.98 Å². The number of aryl methyl sites for hydroxylation is 1. The third-order valence-corrected chi connectivity index (χ3v) is 3.11. The number of rotatable bonds is 2. The fourth-order valence-electron chi connectivity index (χ4n) is 1.43. The van der Waals surface area contributed by atoms with E-state index in [1.54, 1.807) is 11.3 Å². The molecule has 2 nitrogen and oxygen atoms in total. The molecule has 0 amide bonds. The molecule has 0 fully saturated rings. The predicted molar refractivity (Wildman–Crippen MR) is 61.3 cm³/mol. The van der Waals surface area contributed by atoms with Crippen molar-refractivity contribution < 1.29 is 17.0 Å². The molecule has 0 aliphatic carbocycles. The van der Waals surface area contributed by atoms with Gasteiger partial charge in [-0.05, 0) is 6.42 Å². The van der Waals surface area contributed by atoms with Gasteiger partial charge in [-0.1, -0.05) is 37.3 Å². The highest BCUT2D eigenvalue weighted by atomic mass is 79.9. The molecule has 15 heavy (non-hydrogen) atoms. The van der Waals surface area contributed by atoms with Gasteiger partial charge in [0.1, 0.15) is 0 Å². The molecular weight excluding hydrogens is 272 g/mol. The maximum absolute atomic E-state index is 5.70. The Morgan fingerprint density at radius 2 is 1.93 bits per heavy atom. The van der Waals surface area contributed by atoms with Crippen molar-refractivity contribution in [3.63, 3.8) is 0 Å². The Labute approximate surface area is 104 Å². The number of halogens is 1. The van der Waals surface area contributed by atoms with Gasteiger partial charge in [-0.2, -0.15) is 0 Å². The lowest BCUT2D eigenvalue weighted by Crippen LogP contribution is -3.00. The van der Waals surface area contributed by atoms with Crippen LogP contribution in [0.2, 0.25) is 0 Å². The number of hydrogen-bond donors (Lipinski definition) is 1. The minimum absolute atomic E-state index is 0. The van der Waals surface area contributed by atoms with Crippen LogP contribution in [0.15, 0.2) is 30.3 Å². The molecule has 0 bridgehead atoms. The highest BCUT2D eigenvalue weighted by molar-refractivity contribution is 7.15. The summed E-state index contributed by atoms with van der Waals surface area (Å²) in [6.07, 6.45) is 0.985. The van der Waals surface area contributed by atoms with Gasteiger partial charge in [-0.3, -0.25) is 0 Å². The first-order valence-electron chi connectivity index (χ1n) is 4.62. The van der Waals surface area contributed by atoms with Gasteiger partial charge in [0.05, 0.1) is 5.69 Å². The third kappa shape index (κ3) is 2.58. The molecule has 1 heterocycles. The maximum atomic E-state index is 5.70. The minimum atomic E-state index is 0. The molecule has 0 radical (unpaired) electrons. The van der Waals surface area contributed by atoms with Crippen LogP contribution in [0.5, 0.6) is 0 Å². The topological polar surface area (TPSA) is 38.9 Å². The number of nitrogens with two attached hydrogens (primary N) is 1. The maximum Gasteiger partial charge on any atom is 0.180 e. The highest BCUT2D eigenvalue weighted by Crippen LogP contribution is 2.29. The van der Waals surface area contributed by atoms with Crippen molar-refractivity contribution in [3.05, 3.63) is 35.2 Å². The molecule has 1 aromatic heterocycles. The second-order valence-electron chi connectivity index (χ2n) is 3.04. The van der Waals surface area contributed by atoms with Crippen LogP contribution in [0, 0.1) is 0 Å². The van der Waals surface area contributed by atoms with Gasteiger partial charge < -0.3 is 22.7 Å². The van der Waals surface area contributed by atoms with E-state index in [4.69, 9.17) is 5.73 Å². The Morgan fingerprint density at radius 1 is 1.27 bits per heavy atom. The molecule has 1 aromatic carbocycles. The van der Waals surface area contributed by atoms with Crippen LogP contribution in [0.4, 0.5) is 5.13 Å². The van der Waals surface area contributed by atoms with E-state index in [1.165, 1.54) is 4.88 Å². The predicted octanol–water partition coefficient (Wildman–Crippen LogP) is -0.0413. The summed E-state index contributed by atoms with van der Waals surface area (Å²) in [6.45, 7) is 2.12. The molecule has 0 saturated carbocycles. The van der Waals surface area contributed by atoms with Crippen LogP contribution in [-0.2, 0) is 6.42 Å². The van der Waals surface area contributed by atoms with E-state index < -0.39 is 0 Å². The van der Waals surface area contributed by atoms with Gasteiger partial charge in [0.15, 0.2) is 5.13 Å². The zero-order chi connectivity index (χ0) is 9.97. The molecule has 4 heteroatoms. The number of anilines is 1. The fourth-order valence-corrected chi connectivity index (χ4v) is 2.22. The zero-order valence-corrected chi connectivity index (χ0v) is 10.8. The van der Waals surface area contributed by atoms with Crippen molar-refractivity contribution in [2.75, 3.05) is 5.73 Å². The summed E-state index contributed by atoms with van der Waals surface area (Å²) in [4.78, 5) is 5.61. The van der Waals surface area contributed by atoms with Crippen molar-refractivity contribution in [1.82, 2.24) is 4.98 Å². The Hall–Kier alpha value is -0.870. The first-order chi connectivity index (χ1) is 6.81. The van der Waals surface area contributed by atoms with Crippen LogP contribution >= 0.6 is 11.3 Å². The molecule has 2 N–H and O–H groups in total. The monoisotopic (exact) mass is 283 g/mol. The molecular formula is C11H12BrN2S-. The van der Waals surface area contributed by atoms with E-state index in [-0.39, 0.29) is 17.0 Å². The summed E-state index contributed by atoms with van der Waals surface area (Å²) < 4.78 is 0. The number of hydrogen-bond acceptors (Lipinski definition) is 3. The minimum Gasteiger partial charge on any atom is -1.00 e. The standard InChI is InChI=1S/C11H12N2S.BrH/c1-2-9-10(13-11(12)14-9)8-6-4-3-5-7-8;/h3-7H,2H2,1H3,(H2,12,13);1H/p-1. The second-order valence-corrected chi connectivity index (χ2v) is 4.16. The average Bonchev–Trinajstić information content (AvgIpc) is 2.61. The first-order valence-corrected chi connectivity index (χ1v) is 5.43. The smallest absolute Gasteiger partial charge is 0.180 e. The molecule has 0 unspecified atom stereocenters. The fraction of sp³-hybridized carbons (Fsp3) is 0.182. The van der Waals surface area contributed by atoms with E-state index in [2.05, 4.69) is 24.0 Å². The summed E-state index contributed by atoms with van der Waals surface area (Å²) in [6, 6.07) is 10.2. The molecule has 0 spiro atoms. The lowest BCUT2D eigenvalue weighted by atomic mass is 10.1. The van der Waals surface area contributed by atoms with Gasteiger partial charge in [0, 0.05) is 10.4 Å². The number of nitrogen functional groups attached to an aromatic ring is 1. The van der Waals surface area contributed by atoms with Crippen LogP contribution in [0.1, 0.15) is 11.8 Å². The Morgan fingerprint density at radius 3 is 2.53 bits per heavy atom. The second kappa shape index (κ2) is 5.28. The normalized spacial score (nSPS) is 9.67. The van der Waals surface area contributed by atoms with Gasteiger partial charge in [-0.15, -0.1) is 11.3 Å². The zero-order valence-electron chi connectivity index (χ0n) is 8.40. The summed E-state index contributed by atoms with van der Waals surface area (Å²) in [5.41, 5.74) is 7.89. The molecule has 2 aromatic rings. The van der Waals surface area contributed by atoms with Gasteiger partial charge in [0.25, 0.3) is 0 Å². The van der Waals surface area contributed by atoms with Gasteiger partial charge in [-0.25, -0.2) is 4.98 Å². The first kappa shape index (κ1) is 12.2. The third-order valence-electron chi connectivity index (χ3n) is 2.08. The molecule has 0 atom stereocenters. The van der Waals surface area contributed by atoms with E-state index in [0.29, 0.717) is 5.13 Å². The Kier molecular flexibility index (Phi) is 4.29.